The number of nitrogens with zero attached hydrogens (tertiary/aromatic N) is 2. The predicted octanol–water partition coefficient (Wildman–Crippen LogP) is 2.22. The second-order valence-electron chi connectivity index (χ2n) is 5.77. The van der Waals surface area contributed by atoms with Gasteiger partial charge < -0.3 is 15.4 Å². The second kappa shape index (κ2) is 8.55. The van der Waals surface area contributed by atoms with E-state index in [4.69, 9.17) is 4.74 Å². The first-order valence-corrected chi connectivity index (χ1v) is 8.28. The lowest BCUT2D eigenvalue weighted by Gasteiger charge is -2.26. The van der Waals surface area contributed by atoms with E-state index in [1.807, 2.05) is 6.07 Å². The molecule has 0 radical (unpaired) electrons. The number of hydrogen-bond donors (Lipinski definition) is 2. The molecule has 6 nitrogen and oxygen atoms in total. The van der Waals surface area contributed by atoms with Crippen molar-refractivity contribution in [2.45, 2.75) is 0 Å². The Morgan fingerprint density at radius 1 is 1.12 bits per heavy atom. The van der Waals surface area contributed by atoms with E-state index in [-0.39, 0.29) is 11.7 Å². The van der Waals surface area contributed by atoms with Crippen molar-refractivity contribution in [3.63, 3.8) is 0 Å². The number of ether oxygens (including phenoxy) is 1. The normalized spacial score (nSPS) is 14.9. The highest BCUT2D eigenvalue weighted by Gasteiger charge is 2.10. The van der Waals surface area contributed by atoms with Crippen molar-refractivity contribution in [1.29, 1.82) is 0 Å². The van der Waals surface area contributed by atoms with Crippen molar-refractivity contribution < 1.29 is 13.9 Å². The van der Waals surface area contributed by atoms with Crippen LogP contribution < -0.4 is 10.6 Å². The Morgan fingerprint density at radius 2 is 1.84 bits per heavy atom. The predicted molar refractivity (Wildman–Crippen MR) is 94.3 cm³/mol. The van der Waals surface area contributed by atoms with Gasteiger partial charge in [0.05, 0.1) is 25.1 Å². The van der Waals surface area contributed by atoms with E-state index in [0.29, 0.717) is 11.4 Å². The summed E-state index contributed by atoms with van der Waals surface area (Å²) in [4.78, 5) is 18.6. The van der Waals surface area contributed by atoms with Crippen LogP contribution in [0.1, 0.15) is 10.5 Å². The number of carbonyl (C=O) groups excluding carboxylic acids is 1. The number of hydrogen-bond acceptors (Lipinski definition) is 5. The third-order valence-corrected chi connectivity index (χ3v) is 3.96. The van der Waals surface area contributed by atoms with E-state index >= 15 is 0 Å². The van der Waals surface area contributed by atoms with Crippen molar-refractivity contribution in [2.75, 3.05) is 50.0 Å². The molecule has 0 saturated carbocycles. The molecule has 3 rings (SSSR count). The van der Waals surface area contributed by atoms with Crippen LogP contribution in [0.4, 0.5) is 15.8 Å². The van der Waals surface area contributed by atoms with Crippen LogP contribution in [0.5, 0.6) is 0 Å². The van der Waals surface area contributed by atoms with Gasteiger partial charge in [-0.1, -0.05) is 0 Å². The monoisotopic (exact) mass is 344 g/mol. The molecule has 0 atom stereocenters. The summed E-state index contributed by atoms with van der Waals surface area (Å²) < 4.78 is 18.2. The molecule has 0 aliphatic carbocycles. The quantitative estimate of drug-likeness (QED) is 0.841. The number of carbonyl (C=O) groups is 1. The molecule has 2 aromatic rings. The first-order chi connectivity index (χ1) is 12.2. The summed E-state index contributed by atoms with van der Waals surface area (Å²) in [7, 11) is 0. The van der Waals surface area contributed by atoms with E-state index in [9.17, 15) is 9.18 Å². The molecule has 25 heavy (non-hydrogen) atoms. The van der Waals surface area contributed by atoms with E-state index in [1.54, 1.807) is 12.3 Å². The number of morpholine rings is 1. The molecular formula is C18H21FN4O2. The molecule has 1 saturated heterocycles. The number of rotatable bonds is 6. The molecule has 132 valence electrons. The minimum absolute atomic E-state index is 0.308. The number of pyridine rings is 1. The lowest BCUT2D eigenvalue weighted by atomic mass is 10.2. The highest BCUT2D eigenvalue weighted by atomic mass is 19.1. The fourth-order valence-electron chi connectivity index (χ4n) is 2.54. The van der Waals surface area contributed by atoms with Gasteiger partial charge in [0.25, 0.3) is 5.91 Å². The maximum Gasteiger partial charge on any atom is 0.274 e. The van der Waals surface area contributed by atoms with Crippen LogP contribution in [-0.4, -0.2) is 55.2 Å². The SMILES string of the molecule is O=C(Nc1ccc(F)cc1)c1ccc(NCCN2CCOCC2)cn1. The molecule has 1 aromatic heterocycles. The number of anilines is 2. The van der Waals surface area contributed by atoms with E-state index in [1.165, 1.54) is 24.3 Å². The molecule has 1 amide bonds. The highest BCUT2D eigenvalue weighted by molar-refractivity contribution is 6.02. The number of benzene rings is 1. The second-order valence-corrected chi connectivity index (χ2v) is 5.77. The number of halogens is 1. The van der Waals surface area contributed by atoms with Crippen LogP contribution in [0.3, 0.4) is 0 Å². The summed E-state index contributed by atoms with van der Waals surface area (Å²) in [6.45, 7) is 5.25. The molecule has 0 unspecified atom stereocenters. The van der Waals surface area contributed by atoms with Gasteiger partial charge in [-0.05, 0) is 36.4 Å². The van der Waals surface area contributed by atoms with E-state index < -0.39 is 0 Å². The summed E-state index contributed by atoms with van der Waals surface area (Å²) >= 11 is 0. The van der Waals surface area contributed by atoms with Gasteiger partial charge in [0.15, 0.2) is 0 Å². The summed E-state index contributed by atoms with van der Waals surface area (Å²) in [5.41, 5.74) is 1.70. The van der Waals surface area contributed by atoms with Crippen LogP contribution in [-0.2, 0) is 4.74 Å². The molecule has 1 aliphatic rings. The molecule has 1 aliphatic heterocycles. The maximum atomic E-state index is 12.9. The molecule has 0 spiro atoms. The standard InChI is InChI=1S/C18H21FN4O2/c19-14-1-3-15(4-2-14)22-18(24)17-6-5-16(13-21-17)20-7-8-23-9-11-25-12-10-23/h1-6,13,20H,7-12H2,(H,22,24). The molecule has 7 heteroatoms. The van der Waals surface area contributed by atoms with E-state index in [0.717, 1.165) is 45.1 Å². The van der Waals surface area contributed by atoms with Crippen molar-refractivity contribution in [2.24, 2.45) is 0 Å². The van der Waals surface area contributed by atoms with Gasteiger partial charge in [-0.3, -0.25) is 9.69 Å². The van der Waals surface area contributed by atoms with Gasteiger partial charge >= 0.3 is 0 Å². The Balaban J connectivity index is 1.47. The molecule has 1 fully saturated rings. The topological polar surface area (TPSA) is 66.5 Å². The highest BCUT2D eigenvalue weighted by Crippen LogP contribution is 2.11. The smallest absolute Gasteiger partial charge is 0.274 e. The molecule has 2 heterocycles. The Hall–Kier alpha value is -2.51. The van der Waals surface area contributed by atoms with Crippen LogP contribution >= 0.6 is 0 Å². The third-order valence-electron chi connectivity index (χ3n) is 3.96. The van der Waals surface area contributed by atoms with Crippen LogP contribution in [0, 0.1) is 5.82 Å². The van der Waals surface area contributed by atoms with Crippen molar-refractivity contribution in [3.05, 3.63) is 54.1 Å². The maximum absolute atomic E-state index is 12.9. The molecule has 0 bridgehead atoms. The Labute approximate surface area is 146 Å². The minimum Gasteiger partial charge on any atom is -0.383 e. The van der Waals surface area contributed by atoms with Gasteiger partial charge in [-0.2, -0.15) is 0 Å². The fraction of sp³-hybridized carbons (Fsp3) is 0.333. The molecule has 1 aromatic carbocycles. The van der Waals surface area contributed by atoms with Gasteiger partial charge in [-0.25, -0.2) is 9.37 Å². The van der Waals surface area contributed by atoms with Crippen LogP contribution in [0.25, 0.3) is 0 Å². The summed E-state index contributed by atoms with van der Waals surface area (Å²) in [6, 6.07) is 9.10. The largest absolute Gasteiger partial charge is 0.383 e. The first-order valence-electron chi connectivity index (χ1n) is 8.28. The van der Waals surface area contributed by atoms with Crippen molar-refractivity contribution >= 4 is 17.3 Å². The average Bonchev–Trinajstić information content (AvgIpc) is 2.65. The van der Waals surface area contributed by atoms with Crippen LogP contribution in [0.15, 0.2) is 42.6 Å². The summed E-state index contributed by atoms with van der Waals surface area (Å²) in [5, 5.41) is 5.98. The van der Waals surface area contributed by atoms with Gasteiger partial charge in [0.2, 0.25) is 0 Å². The number of aromatic nitrogens is 1. The third kappa shape index (κ3) is 5.23. The zero-order valence-corrected chi connectivity index (χ0v) is 13.9. The van der Waals surface area contributed by atoms with Crippen molar-refractivity contribution in [1.82, 2.24) is 9.88 Å². The first kappa shape index (κ1) is 17.3. The van der Waals surface area contributed by atoms with E-state index in [2.05, 4.69) is 20.5 Å². The minimum atomic E-state index is -0.344. The van der Waals surface area contributed by atoms with Gasteiger partial charge in [0, 0.05) is 31.9 Å². The van der Waals surface area contributed by atoms with Crippen molar-refractivity contribution in [3.8, 4) is 0 Å². The molecule has 2 N–H and O–H groups in total. The summed E-state index contributed by atoms with van der Waals surface area (Å²) in [5.74, 6) is -0.671. The average molecular weight is 344 g/mol. The Morgan fingerprint density at radius 3 is 2.52 bits per heavy atom. The zero-order valence-electron chi connectivity index (χ0n) is 13.9. The lowest BCUT2D eigenvalue weighted by molar-refractivity contribution is 0.0398. The summed E-state index contributed by atoms with van der Waals surface area (Å²) in [6.07, 6.45) is 1.64. The van der Waals surface area contributed by atoms with Gasteiger partial charge in [-0.15, -0.1) is 0 Å². The number of nitrogens with one attached hydrogen (secondary N) is 2. The Bertz CT molecular complexity index is 685. The number of amides is 1. The molecular weight excluding hydrogens is 323 g/mol. The lowest BCUT2D eigenvalue weighted by Crippen LogP contribution is -2.39. The fourth-order valence-corrected chi connectivity index (χ4v) is 2.54. The van der Waals surface area contributed by atoms with Gasteiger partial charge in [0.1, 0.15) is 11.5 Å². The Kier molecular flexibility index (Phi) is 5.92. The van der Waals surface area contributed by atoms with Crippen LogP contribution in [0.2, 0.25) is 0 Å². The zero-order chi connectivity index (χ0) is 17.5.